The summed E-state index contributed by atoms with van der Waals surface area (Å²) in [6, 6.07) is 5.06. The fraction of sp³-hybridized carbons (Fsp3) is 0.545. The largest absolute Gasteiger partial charge is 0.465 e. The summed E-state index contributed by atoms with van der Waals surface area (Å²) in [6.45, 7) is 1.44. The highest BCUT2D eigenvalue weighted by Crippen LogP contribution is 2.38. The van der Waals surface area contributed by atoms with Crippen LogP contribution in [-0.4, -0.2) is 55.3 Å². The van der Waals surface area contributed by atoms with Crippen molar-refractivity contribution in [3.8, 4) is 0 Å². The number of nitrogens with one attached hydrogen (secondary N) is 1. The van der Waals surface area contributed by atoms with Crippen LogP contribution >= 0.6 is 0 Å². The Morgan fingerprint density at radius 1 is 1.03 bits per heavy atom. The predicted octanol–water partition coefficient (Wildman–Crippen LogP) is 2.19. The third-order valence-electron chi connectivity index (χ3n) is 6.37. The lowest BCUT2D eigenvalue weighted by atomic mass is 9.81. The van der Waals surface area contributed by atoms with Crippen LogP contribution in [0.3, 0.4) is 0 Å². The van der Waals surface area contributed by atoms with Gasteiger partial charge < -0.3 is 15.0 Å². The van der Waals surface area contributed by atoms with Gasteiger partial charge in [0.1, 0.15) is 6.54 Å². The Bertz CT molecular complexity index is 854. The third-order valence-corrected chi connectivity index (χ3v) is 6.37. The van der Waals surface area contributed by atoms with E-state index in [0.29, 0.717) is 24.1 Å². The quantitative estimate of drug-likeness (QED) is 0.587. The van der Waals surface area contributed by atoms with E-state index in [1.807, 2.05) is 0 Å². The minimum absolute atomic E-state index is 0.233. The number of carbonyl (C=O) groups is 4. The summed E-state index contributed by atoms with van der Waals surface area (Å²) >= 11 is 0. The van der Waals surface area contributed by atoms with Crippen LogP contribution in [0, 0.1) is 11.8 Å². The highest BCUT2D eigenvalue weighted by atomic mass is 16.5. The molecule has 0 spiro atoms. The van der Waals surface area contributed by atoms with E-state index in [-0.39, 0.29) is 30.2 Å². The molecule has 1 saturated carbocycles. The number of esters is 1. The van der Waals surface area contributed by atoms with Gasteiger partial charge in [-0.3, -0.25) is 19.3 Å². The molecule has 0 unspecified atom stereocenters. The van der Waals surface area contributed by atoms with Gasteiger partial charge in [-0.2, -0.15) is 0 Å². The van der Waals surface area contributed by atoms with E-state index in [0.717, 1.165) is 49.4 Å². The summed E-state index contributed by atoms with van der Waals surface area (Å²) in [6.07, 6.45) is 5.44. The molecule has 0 radical (unpaired) electrons. The molecule has 3 amide bonds. The zero-order valence-corrected chi connectivity index (χ0v) is 17.2. The van der Waals surface area contributed by atoms with E-state index in [4.69, 9.17) is 4.74 Å². The molecule has 0 aromatic heterocycles. The highest BCUT2D eigenvalue weighted by molar-refractivity contribution is 6.09. The molecular weight excluding hydrogens is 386 g/mol. The van der Waals surface area contributed by atoms with E-state index in [2.05, 4.69) is 10.2 Å². The van der Waals surface area contributed by atoms with Gasteiger partial charge >= 0.3 is 5.97 Å². The van der Waals surface area contributed by atoms with Crippen molar-refractivity contribution in [2.24, 2.45) is 11.8 Å². The van der Waals surface area contributed by atoms with Gasteiger partial charge in [-0.15, -0.1) is 0 Å². The molecule has 3 aliphatic rings. The minimum Gasteiger partial charge on any atom is -0.465 e. The molecule has 1 aliphatic carbocycles. The Morgan fingerprint density at radius 2 is 1.67 bits per heavy atom. The lowest BCUT2D eigenvalue weighted by Gasteiger charge is -2.23. The van der Waals surface area contributed by atoms with Crippen LogP contribution in [0.15, 0.2) is 18.2 Å². The first kappa shape index (κ1) is 20.4. The number of hydrogen-bond donors (Lipinski definition) is 1. The predicted molar refractivity (Wildman–Crippen MR) is 110 cm³/mol. The molecule has 1 aromatic rings. The summed E-state index contributed by atoms with van der Waals surface area (Å²) in [7, 11) is 1.30. The number of carbonyl (C=O) groups excluding carboxylic acids is 4. The highest BCUT2D eigenvalue weighted by Gasteiger charge is 2.48. The first-order valence-corrected chi connectivity index (χ1v) is 10.6. The van der Waals surface area contributed by atoms with Gasteiger partial charge in [-0.25, -0.2) is 4.79 Å². The van der Waals surface area contributed by atoms with Gasteiger partial charge in [-0.05, 0) is 43.9 Å². The topological polar surface area (TPSA) is 96.0 Å². The molecule has 1 aromatic carbocycles. The second-order valence-corrected chi connectivity index (χ2v) is 8.23. The Kier molecular flexibility index (Phi) is 5.74. The number of methoxy groups -OCH3 is 1. The number of amides is 3. The number of fused-ring (bicyclic) bond motifs is 1. The lowest BCUT2D eigenvalue weighted by Crippen LogP contribution is -2.38. The normalized spacial score (nSPS) is 23.5. The second-order valence-electron chi connectivity index (χ2n) is 8.23. The average molecular weight is 413 g/mol. The molecule has 8 heteroatoms. The molecule has 30 heavy (non-hydrogen) atoms. The molecule has 1 N–H and O–H groups in total. The summed E-state index contributed by atoms with van der Waals surface area (Å²) in [5.74, 6) is -1.96. The maximum Gasteiger partial charge on any atom is 0.337 e. The summed E-state index contributed by atoms with van der Waals surface area (Å²) in [5.41, 5.74) is 1.64. The van der Waals surface area contributed by atoms with Crippen LogP contribution in [0.2, 0.25) is 0 Å². The molecule has 2 aliphatic heterocycles. The molecule has 2 saturated heterocycles. The number of likely N-dealkylation sites (tertiary alicyclic amines) is 1. The van der Waals surface area contributed by atoms with Crippen LogP contribution in [0.25, 0.3) is 0 Å². The molecular formula is C22H27N3O5. The van der Waals surface area contributed by atoms with Crippen molar-refractivity contribution in [3.63, 3.8) is 0 Å². The monoisotopic (exact) mass is 413 g/mol. The maximum atomic E-state index is 12.8. The Balaban J connectivity index is 1.52. The van der Waals surface area contributed by atoms with Crippen LogP contribution in [0.4, 0.5) is 11.4 Å². The van der Waals surface area contributed by atoms with Crippen molar-refractivity contribution >= 4 is 35.1 Å². The van der Waals surface area contributed by atoms with Gasteiger partial charge in [0.25, 0.3) is 0 Å². The maximum absolute atomic E-state index is 12.8. The van der Waals surface area contributed by atoms with E-state index >= 15 is 0 Å². The fourth-order valence-electron chi connectivity index (χ4n) is 4.83. The smallest absolute Gasteiger partial charge is 0.337 e. The molecule has 2 atom stereocenters. The van der Waals surface area contributed by atoms with E-state index in [1.54, 1.807) is 18.2 Å². The van der Waals surface area contributed by atoms with Gasteiger partial charge in [0, 0.05) is 13.1 Å². The Labute approximate surface area is 175 Å². The standard InChI is InChI=1S/C22H27N3O5/c1-30-22(29)14-8-9-18(24-10-4-5-11-24)17(12-14)23-19(26)13-25-20(27)15-6-2-3-7-16(15)21(25)28/h8-9,12,15-16H,2-7,10-11,13H2,1H3,(H,23,26)/t15-,16-/m1/s1. The van der Waals surface area contributed by atoms with Crippen molar-refractivity contribution in [3.05, 3.63) is 23.8 Å². The lowest BCUT2D eigenvalue weighted by molar-refractivity contribution is -0.142. The summed E-state index contributed by atoms with van der Waals surface area (Å²) in [5, 5.41) is 2.82. The van der Waals surface area contributed by atoms with Crippen molar-refractivity contribution < 1.29 is 23.9 Å². The number of hydrogen-bond acceptors (Lipinski definition) is 6. The number of anilines is 2. The number of benzene rings is 1. The van der Waals surface area contributed by atoms with Gasteiger partial charge in [0.05, 0.1) is 35.9 Å². The summed E-state index contributed by atoms with van der Waals surface area (Å²) < 4.78 is 4.79. The molecule has 4 rings (SSSR count). The van der Waals surface area contributed by atoms with E-state index in [9.17, 15) is 19.2 Å². The van der Waals surface area contributed by atoms with Crippen molar-refractivity contribution in [1.82, 2.24) is 4.90 Å². The molecule has 2 heterocycles. The van der Waals surface area contributed by atoms with Gasteiger partial charge in [-0.1, -0.05) is 12.8 Å². The van der Waals surface area contributed by atoms with Crippen molar-refractivity contribution in [1.29, 1.82) is 0 Å². The average Bonchev–Trinajstić information content (AvgIpc) is 3.37. The number of rotatable bonds is 5. The Hall–Kier alpha value is -2.90. The fourth-order valence-corrected chi connectivity index (χ4v) is 4.83. The SMILES string of the molecule is COC(=O)c1ccc(N2CCCC2)c(NC(=O)CN2C(=O)[C@@H]3CCCC[C@H]3C2=O)c1. The molecule has 8 nitrogen and oxygen atoms in total. The van der Waals surface area contributed by atoms with Crippen molar-refractivity contribution in [2.75, 3.05) is 37.0 Å². The first-order valence-electron chi connectivity index (χ1n) is 10.6. The second kappa shape index (κ2) is 8.45. The Morgan fingerprint density at radius 3 is 2.27 bits per heavy atom. The number of nitrogens with zero attached hydrogens (tertiary/aromatic N) is 2. The molecule has 160 valence electrons. The van der Waals surface area contributed by atoms with Crippen molar-refractivity contribution in [2.45, 2.75) is 38.5 Å². The third kappa shape index (κ3) is 3.78. The number of imide groups is 1. The molecule has 3 fully saturated rings. The van der Waals surface area contributed by atoms with Crippen LogP contribution in [0.5, 0.6) is 0 Å². The summed E-state index contributed by atoms with van der Waals surface area (Å²) in [4.78, 5) is 53.3. The number of ether oxygens (including phenoxy) is 1. The van der Waals surface area contributed by atoms with Crippen LogP contribution in [-0.2, 0) is 19.1 Å². The minimum atomic E-state index is -0.493. The first-order chi connectivity index (χ1) is 14.5. The van der Waals surface area contributed by atoms with Crippen LogP contribution < -0.4 is 10.2 Å². The zero-order valence-electron chi connectivity index (χ0n) is 17.2. The van der Waals surface area contributed by atoms with Gasteiger partial charge in [0.2, 0.25) is 17.7 Å². The van der Waals surface area contributed by atoms with E-state index in [1.165, 1.54) is 7.11 Å². The van der Waals surface area contributed by atoms with Gasteiger partial charge in [0.15, 0.2) is 0 Å². The zero-order chi connectivity index (χ0) is 21.3. The van der Waals surface area contributed by atoms with E-state index < -0.39 is 11.9 Å². The molecule has 0 bridgehead atoms. The van der Waals surface area contributed by atoms with Crippen LogP contribution in [0.1, 0.15) is 48.9 Å².